The Morgan fingerprint density at radius 1 is 1.11 bits per heavy atom. The van der Waals surface area contributed by atoms with Gasteiger partial charge in [-0.2, -0.15) is 27.1 Å². The van der Waals surface area contributed by atoms with Gasteiger partial charge in [-0.3, -0.25) is 9.59 Å². The van der Waals surface area contributed by atoms with E-state index in [9.17, 15) is 31.5 Å². The van der Waals surface area contributed by atoms with E-state index in [1.807, 2.05) is 0 Å². The number of methoxy groups -OCH3 is 1. The molecule has 1 aromatic heterocycles. The monoisotopic (exact) mass is 497 g/mol. The molecule has 1 heterocycles. The number of para-hydroxylation sites is 1. The van der Waals surface area contributed by atoms with E-state index in [4.69, 9.17) is 4.74 Å². The topological polar surface area (TPSA) is 82.5 Å². The van der Waals surface area contributed by atoms with E-state index in [2.05, 4.69) is 15.2 Å². The number of rotatable bonds is 8. The molecule has 0 atom stereocenters. The van der Waals surface area contributed by atoms with Crippen molar-refractivity contribution in [3.8, 4) is 17.2 Å². The molecular formula is C23H20F5N3O4. The molecule has 7 nitrogen and oxygen atoms in total. The van der Waals surface area contributed by atoms with Crippen LogP contribution < -0.4 is 20.2 Å². The van der Waals surface area contributed by atoms with Crippen LogP contribution in [-0.2, 0) is 12.6 Å². The first-order chi connectivity index (χ1) is 16.5. The molecule has 12 heteroatoms. The molecule has 0 bridgehead atoms. The van der Waals surface area contributed by atoms with Crippen LogP contribution in [0.1, 0.15) is 27.3 Å². The molecule has 186 valence electrons. The normalized spacial score (nSPS) is 11.4. The molecule has 0 aliphatic heterocycles. The number of aromatic nitrogens is 2. The zero-order valence-electron chi connectivity index (χ0n) is 18.5. The molecule has 0 saturated heterocycles. The number of halogens is 5. The minimum absolute atomic E-state index is 0.0204. The summed E-state index contributed by atoms with van der Waals surface area (Å²) in [6, 6.07) is 9.99. The van der Waals surface area contributed by atoms with Crippen LogP contribution in [0.15, 0.2) is 53.3 Å². The second-order valence-corrected chi connectivity index (χ2v) is 7.29. The van der Waals surface area contributed by atoms with Gasteiger partial charge in [0.25, 0.3) is 5.91 Å². The molecule has 0 unspecified atom stereocenters. The lowest BCUT2D eigenvalue weighted by atomic mass is 10.1. The van der Waals surface area contributed by atoms with E-state index in [0.717, 1.165) is 16.8 Å². The zero-order valence-corrected chi connectivity index (χ0v) is 18.5. The minimum Gasteiger partial charge on any atom is -0.493 e. The molecular weight excluding hydrogens is 477 g/mol. The van der Waals surface area contributed by atoms with E-state index in [1.54, 1.807) is 6.07 Å². The maximum absolute atomic E-state index is 13.4. The van der Waals surface area contributed by atoms with Gasteiger partial charge in [0.05, 0.1) is 18.4 Å². The van der Waals surface area contributed by atoms with Crippen molar-refractivity contribution in [1.29, 1.82) is 0 Å². The number of hydrogen-bond donors (Lipinski definition) is 1. The SMILES string of the molecule is COc1ccc(CCNC(=O)c2nn(-c3ccccc3C(F)(F)F)c(C)cc2=O)cc1OC(F)F. The fraction of sp³-hybridized carbons (Fsp3) is 0.261. The Kier molecular flexibility index (Phi) is 7.72. The van der Waals surface area contributed by atoms with E-state index in [0.29, 0.717) is 5.56 Å². The van der Waals surface area contributed by atoms with Crippen molar-refractivity contribution in [3.63, 3.8) is 0 Å². The minimum atomic E-state index is -4.68. The first-order valence-electron chi connectivity index (χ1n) is 10.2. The Balaban J connectivity index is 1.80. The Morgan fingerprint density at radius 2 is 1.83 bits per heavy atom. The van der Waals surface area contributed by atoms with E-state index in [-0.39, 0.29) is 35.8 Å². The fourth-order valence-corrected chi connectivity index (χ4v) is 3.32. The molecule has 0 spiro atoms. The van der Waals surface area contributed by atoms with Crippen LogP contribution in [0.2, 0.25) is 0 Å². The molecule has 1 amide bonds. The lowest BCUT2D eigenvalue weighted by molar-refractivity contribution is -0.137. The van der Waals surface area contributed by atoms with Crippen molar-refractivity contribution in [1.82, 2.24) is 15.1 Å². The summed E-state index contributed by atoms with van der Waals surface area (Å²) in [6.07, 6.45) is -4.51. The van der Waals surface area contributed by atoms with Gasteiger partial charge in [0.1, 0.15) is 0 Å². The average molecular weight is 497 g/mol. The number of carbonyl (C=O) groups is 1. The summed E-state index contributed by atoms with van der Waals surface area (Å²) in [5.74, 6) is -0.981. The Bertz CT molecular complexity index is 1270. The van der Waals surface area contributed by atoms with Crippen LogP contribution in [0.25, 0.3) is 5.69 Å². The van der Waals surface area contributed by atoms with Crippen LogP contribution in [0, 0.1) is 6.92 Å². The quantitative estimate of drug-likeness (QED) is 0.473. The van der Waals surface area contributed by atoms with E-state index in [1.165, 1.54) is 44.4 Å². The highest BCUT2D eigenvalue weighted by Crippen LogP contribution is 2.33. The number of benzene rings is 2. The van der Waals surface area contributed by atoms with E-state index >= 15 is 0 Å². The van der Waals surface area contributed by atoms with Crippen molar-refractivity contribution in [2.45, 2.75) is 26.1 Å². The molecule has 2 aromatic carbocycles. The van der Waals surface area contributed by atoms with Crippen molar-refractivity contribution < 1.29 is 36.2 Å². The molecule has 35 heavy (non-hydrogen) atoms. The Labute approximate surface area is 196 Å². The third-order valence-corrected chi connectivity index (χ3v) is 4.90. The van der Waals surface area contributed by atoms with E-state index < -0.39 is 35.4 Å². The number of aryl methyl sites for hydroxylation is 1. The lowest BCUT2D eigenvalue weighted by Crippen LogP contribution is -2.33. The van der Waals surface area contributed by atoms with Gasteiger partial charge in [0, 0.05) is 18.3 Å². The van der Waals surface area contributed by atoms with Gasteiger partial charge in [-0.1, -0.05) is 18.2 Å². The molecule has 0 saturated carbocycles. The Hall–Kier alpha value is -3.96. The highest BCUT2D eigenvalue weighted by atomic mass is 19.4. The van der Waals surface area contributed by atoms with Gasteiger partial charge >= 0.3 is 12.8 Å². The van der Waals surface area contributed by atoms with Gasteiger partial charge in [-0.15, -0.1) is 0 Å². The summed E-state index contributed by atoms with van der Waals surface area (Å²) < 4.78 is 75.7. The van der Waals surface area contributed by atoms with Crippen molar-refractivity contribution >= 4 is 5.91 Å². The predicted molar refractivity (Wildman–Crippen MR) is 115 cm³/mol. The number of hydrogen-bond acceptors (Lipinski definition) is 5. The fourth-order valence-electron chi connectivity index (χ4n) is 3.32. The Morgan fingerprint density at radius 3 is 2.49 bits per heavy atom. The van der Waals surface area contributed by atoms with Gasteiger partial charge in [0.15, 0.2) is 17.2 Å². The van der Waals surface area contributed by atoms with Gasteiger partial charge < -0.3 is 14.8 Å². The van der Waals surface area contributed by atoms with Crippen LogP contribution in [0.5, 0.6) is 11.5 Å². The van der Waals surface area contributed by atoms with Crippen LogP contribution >= 0.6 is 0 Å². The molecule has 0 aliphatic rings. The maximum atomic E-state index is 13.4. The highest BCUT2D eigenvalue weighted by molar-refractivity contribution is 5.92. The summed E-state index contributed by atoms with van der Waals surface area (Å²) in [7, 11) is 1.29. The highest BCUT2D eigenvalue weighted by Gasteiger charge is 2.34. The standard InChI is InChI=1S/C23H20F5N3O4/c1-13-11-17(32)20(30-31(13)16-6-4-3-5-15(16)23(26,27)28)21(33)29-10-9-14-7-8-18(34-2)19(12-14)35-22(24)25/h3-8,11-12,22H,9-10H2,1-2H3,(H,29,33). The lowest BCUT2D eigenvalue weighted by Gasteiger charge is -2.16. The molecule has 0 aliphatic carbocycles. The number of nitrogens with one attached hydrogen (secondary N) is 1. The molecule has 0 radical (unpaired) electrons. The number of alkyl halides is 5. The van der Waals surface area contributed by atoms with Crippen LogP contribution in [-0.4, -0.2) is 36.0 Å². The maximum Gasteiger partial charge on any atom is 0.418 e. The zero-order chi connectivity index (χ0) is 25.8. The molecule has 1 N–H and O–H groups in total. The van der Waals surface area contributed by atoms with Crippen molar-refractivity contribution in [2.75, 3.05) is 13.7 Å². The largest absolute Gasteiger partial charge is 0.493 e. The third-order valence-electron chi connectivity index (χ3n) is 4.90. The smallest absolute Gasteiger partial charge is 0.418 e. The predicted octanol–water partition coefficient (Wildman–Crippen LogP) is 4.14. The number of carbonyl (C=O) groups excluding carboxylic acids is 1. The molecule has 3 aromatic rings. The number of ether oxygens (including phenoxy) is 2. The second-order valence-electron chi connectivity index (χ2n) is 7.29. The molecule has 0 fully saturated rings. The van der Waals surface area contributed by atoms with Gasteiger partial charge in [0.2, 0.25) is 5.43 Å². The average Bonchev–Trinajstić information content (AvgIpc) is 2.78. The summed E-state index contributed by atoms with van der Waals surface area (Å²) in [6.45, 7) is -1.68. The summed E-state index contributed by atoms with van der Waals surface area (Å²) >= 11 is 0. The number of amides is 1. The van der Waals surface area contributed by atoms with Gasteiger partial charge in [-0.05, 0) is 43.2 Å². The van der Waals surface area contributed by atoms with Gasteiger partial charge in [-0.25, -0.2) is 4.68 Å². The van der Waals surface area contributed by atoms with Crippen LogP contribution in [0.4, 0.5) is 22.0 Å². The van der Waals surface area contributed by atoms with Crippen LogP contribution in [0.3, 0.4) is 0 Å². The summed E-state index contributed by atoms with van der Waals surface area (Å²) in [4.78, 5) is 24.9. The summed E-state index contributed by atoms with van der Waals surface area (Å²) in [5.41, 5.74) is -2.05. The molecule has 3 rings (SSSR count). The first-order valence-corrected chi connectivity index (χ1v) is 10.2. The van der Waals surface area contributed by atoms with Crippen molar-refractivity contribution in [3.05, 3.63) is 81.3 Å². The third kappa shape index (κ3) is 6.14. The number of nitrogens with zero attached hydrogens (tertiary/aromatic N) is 2. The first kappa shape index (κ1) is 25.7. The summed E-state index contributed by atoms with van der Waals surface area (Å²) in [5, 5.41) is 6.35. The van der Waals surface area contributed by atoms with Crippen molar-refractivity contribution in [2.24, 2.45) is 0 Å². The second kappa shape index (κ2) is 10.5.